The maximum absolute atomic E-state index is 14.0. The van der Waals surface area contributed by atoms with Crippen molar-refractivity contribution in [3.05, 3.63) is 65.0 Å². The SMILES string of the molecule is CC1(c2ccc(CCC(=O)O)cc2)C(=O)Nc2nc(-c3nn(CCC(F)(F)C(F)(F)F)c4cc(F)ccc34)nc(N)c21. The van der Waals surface area contributed by atoms with E-state index in [-0.39, 0.29) is 46.0 Å². The Bertz CT molecular complexity index is 1720. The van der Waals surface area contributed by atoms with E-state index in [1.807, 2.05) is 0 Å². The normalized spacial score (nSPS) is 17.0. The number of hydrogen-bond donors (Lipinski definition) is 3. The molecule has 2 aromatic carbocycles. The number of nitrogens with two attached hydrogens (primary N) is 1. The number of alkyl halides is 5. The summed E-state index contributed by atoms with van der Waals surface area (Å²) in [5.74, 6) is -7.47. The van der Waals surface area contributed by atoms with E-state index < -0.39 is 48.2 Å². The zero-order chi connectivity index (χ0) is 30.6. The molecular formula is C27H22F6N6O3. The highest BCUT2D eigenvalue weighted by Gasteiger charge is 2.56. The molecule has 42 heavy (non-hydrogen) atoms. The third kappa shape index (κ3) is 4.88. The van der Waals surface area contributed by atoms with Crippen LogP contribution in [-0.2, 0) is 28.0 Å². The number of carboxylic acids is 1. The molecule has 0 bridgehead atoms. The fraction of sp³-hybridized carbons (Fsp3) is 0.296. The van der Waals surface area contributed by atoms with Crippen molar-refractivity contribution < 1.29 is 41.0 Å². The Balaban J connectivity index is 1.54. The van der Waals surface area contributed by atoms with Gasteiger partial charge in [0.05, 0.1) is 11.1 Å². The van der Waals surface area contributed by atoms with E-state index in [2.05, 4.69) is 20.4 Å². The quantitative estimate of drug-likeness (QED) is 0.243. The van der Waals surface area contributed by atoms with Crippen molar-refractivity contribution in [2.45, 2.75) is 50.2 Å². The van der Waals surface area contributed by atoms with Crippen LogP contribution in [0.1, 0.15) is 36.5 Å². The van der Waals surface area contributed by atoms with Gasteiger partial charge in [0.25, 0.3) is 0 Å². The number of aromatic nitrogens is 4. The number of benzene rings is 2. The minimum atomic E-state index is -5.77. The molecule has 3 heterocycles. The predicted molar refractivity (Wildman–Crippen MR) is 138 cm³/mol. The first-order chi connectivity index (χ1) is 19.6. The van der Waals surface area contributed by atoms with E-state index in [0.29, 0.717) is 12.0 Å². The first-order valence-corrected chi connectivity index (χ1v) is 12.5. The van der Waals surface area contributed by atoms with Crippen molar-refractivity contribution in [1.82, 2.24) is 19.7 Å². The molecule has 0 saturated heterocycles. The minimum absolute atomic E-state index is 0.0355. The molecule has 0 aliphatic carbocycles. The van der Waals surface area contributed by atoms with Crippen LogP contribution < -0.4 is 11.1 Å². The summed E-state index contributed by atoms with van der Waals surface area (Å²) < 4.78 is 80.3. The van der Waals surface area contributed by atoms with Crippen LogP contribution in [0.2, 0.25) is 0 Å². The topological polar surface area (TPSA) is 136 Å². The molecule has 1 aliphatic heterocycles. The van der Waals surface area contributed by atoms with Gasteiger partial charge >= 0.3 is 18.1 Å². The molecule has 2 aromatic heterocycles. The zero-order valence-electron chi connectivity index (χ0n) is 21.8. The fourth-order valence-electron chi connectivity index (χ4n) is 4.92. The van der Waals surface area contributed by atoms with Crippen LogP contribution in [0.15, 0.2) is 42.5 Å². The lowest BCUT2D eigenvalue weighted by molar-refractivity contribution is -0.285. The molecule has 15 heteroatoms. The molecule has 1 unspecified atom stereocenters. The van der Waals surface area contributed by atoms with Crippen molar-refractivity contribution in [1.29, 1.82) is 0 Å². The molecule has 220 valence electrons. The van der Waals surface area contributed by atoms with Crippen LogP contribution in [0.4, 0.5) is 38.0 Å². The number of nitrogen functional groups attached to an aromatic ring is 1. The number of carboxylic acid groups (broad SMARTS) is 1. The van der Waals surface area contributed by atoms with Gasteiger partial charge in [-0.25, -0.2) is 14.4 Å². The van der Waals surface area contributed by atoms with Crippen molar-refractivity contribution in [2.24, 2.45) is 0 Å². The molecule has 0 fully saturated rings. The standard InChI is InChI=1S/C27H22F6N6O3/c1-25(14-5-2-13(3-6-14)4-9-18(40)41)19-21(34)35-23(36-22(19)37-24(25)42)20-16-8-7-15(28)12-17(16)39(38-20)11-10-26(29,30)27(31,32)33/h2-3,5-8,12H,4,9-11H2,1H3,(H,40,41)(H3,34,35,36,37,42). The smallest absolute Gasteiger partial charge is 0.453 e. The van der Waals surface area contributed by atoms with Gasteiger partial charge in [0, 0.05) is 24.8 Å². The number of hydrogen-bond acceptors (Lipinski definition) is 6. The average Bonchev–Trinajstić information content (AvgIpc) is 3.40. The number of aryl methyl sites for hydroxylation is 2. The van der Waals surface area contributed by atoms with Gasteiger partial charge < -0.3 is 16.2 Å². The number of nitrogens with one attached hydrogen (secondary N) is 1. The highest BCUT2D eigenvalue weighted by atomic mass is 19.4. The molecule has 0 spiro atoms. The molecule has 5 rings (SSSR count). The van der Waals surface area contributed by atoms with Crippen molar-refractivity contribution in [2.75, 3.05) is 11.1 Å². The first-order valence-electron chi connectivity index (χ1n) is 12.5. The van der Waals surface area contributed by atoms with Crippen molar-refractivity contribution in [3.8, 4) is 11.5 Å². The molecule has 4 N–H and O–H groups in total. The molecule has 1 amide bonds. The number of fused-ring (bicyclic) bond motifs is 2. The van der Waals surface area contributed by atoms with Crippen LogP contribution in [0, 0.1) is 5.82 Å². The second kappa shape index (κ2) is 9.99. The summed E-state index contributed by atoms with van der Waals surface area (Å²) in [6, 6.07) is 9.97. The summed E-state index contributed by atoms with van der Waals surface area (Å²) in [5.41, 5.74) is 6.35. The lowest BCUT2D eigenvalue weighted by Crippen LogP contribution is -2.37. The second-order valence-electron chi connectivity index (χ2n) is 10.0. The zero-order valence-corrected chi connectivity index (χ0v) is 21.8. The Kier molecular flexibility index (Phi) is 6.86. The van der Waals surface area contributed by atoms with Gasteiger partial charge in [0.2, 0.25) is 5.91 Å². The van der Waals surface area contributed by atoms with Gasteiger partial charge in [0.15, 0.2) is 5.82 Å². The Labute approximate surface area is 233 Å². The van der Waals surface area contributed by atoms with Gasteiger partial charge in [0.1, 0.15) is 28.6 Å². The predicted octanol–water partition coefficient (Wildman–Crippen LogP) is 5.08. The minimum Gasteiger partial charge on any atom is -0.481 e. The fourth-order valence-corrected chi connectivity index (χ4v) is 4.92. The van der Waals surface area contributed by atoms with Crippen LogP contribution in [0.25, 0.3) is 22.4 Å². The summed E-state index contributed by atoms with van der Waals surface area (Å²) in [4.78, 5) is 32.8. The van der Waals surface area contributed by atoms with Crippen molar-refractivity contribution in [3.63, 3.8) is 0 Å². The van der Waals surface area contributed by atoms with E-state index >= 15 is 0 Å². The second-order valence-corrected chi connectivity index (χ2v) is 10.0. The Morgan fingerprint density at radius 1 is 1.10 bits per heavy atom. The monoisotopic (exact) mass is 592 g/mol. The van der Waals surface area contributed by atoms with Crippen LogP contribution >= 0.6 is 0 Å². The maximum Gasteiger partial charge on any atom is 0.453 e. The summed E-state index contributed by atoms with van der Waals surface area (Å²) in [6.07, 6.45) is -7.18. The molecule has 1 aliphatic rings. The largest absolute Gasteiger partial charge is 0.481 e. The van der Waals surface area contributed by atoms with Crippen molar-refractivity contribution >= 4 is 34.4 Å². The summed E-state index contributed by atoms with van der Waals surface area (Å²) >= 11 is 0. The highest BCUT2D eigenvalue weighted by Crippen LogP contribution is 2.45. The number of aliphatic carboxylic acids is 1. The number of carbonyl (C=O) groups excluding carboxylic acids is 1. The van der Waals surface area contributed by atoms with Gasteiger partial charge in [-0.15, -0.1) is 0 Å². The van der Waals surface area contributed by atoms with Gasteiger partial charge in [-0.2, -0.15) is 27.1 Å². The maximum atomic E-state index is 14.0. The Morgan fingerprint density at radius 2 is 1.79 bits per heavy atom. The summed E-state index contributed by atoms with van der Waals surface area (Å²) in [6.45, 7) is 0.706. The van der Waals surface area contributed by atoms with Crippen LogP contribution in [0.3, 0.4) is 0 Å². The molecule has 0 radical (unpaired) electrons. The lowest BCUT2D eigenvalue weighted by atomic mass is 9.77. The number of anilines is 2. The number of amides is 1. The Hall–Kier alpha value is -4.69. The lowest BCUT2D eigenvalue weighted by Gasteiger charge is -2.23. The van der Waals surface area contributed by atoms with Gasteiger partial charge in [-0.1, -0.05) is 24.3 Å². The van der Waals surface area contributed by atoms with Crippen LogP contribution in [0.5, 0.6) is 0 Å². The summed E-state index contributed by atoms with van der Waals surface area (Å²) in [5, 5.41) is 15.8. The molecule has 0 saturated carbocycles. The van der Waals surface area contributed by atoms with Gasteiger partial charge in [-0.3, -0.25) is 14.3 Å². The molecule has 1 atom stereocenters. The summed E-state index contributed by atoms with van der Waals surface area (Å²) in [7, 11) is 0. The first kappa shape index (κ1) is 28.8. The third-order valence-electron chi connectivity index (χ3n) is 7.26. The van der Waals surface area contributed by atoms with E-state index in [9.17, 15) is 35.9 Å². The van der Waals surface area contributed by atoms with E-state index in [4.69, 9.17) is 10.8 Å². The number of nitrogens with zero attached hydrogens (tertiary/aromatic N) is 4. The molecular weight excluding hydrogens is 570 g/mol. The number of halogens is 6. The number of carbonyl (C=O) groups is 2. The van der Waals surface area contributed by atoms with Gasteiger partial charge in [-0.05, 0) is 42.7 Å². The molecule has 9 nitrogen and oxygen atoms in total. The van der Waals surface area contributed by atoms with E-state index in [0.717, 1.165) is 22.4 Å². The average molecular weight is 592 g/mol. The number of rotatable bonds is 8. The Morgan fingerprint density at radius 3 is 2.43 bits per heavy atom. The highest BCUT2D eigenvalue weighted by molar-refractivity contribution is 6.09. The molecule has 4 aromatic rings. The third-order valence-corrected chi connectivity index (χ3v) is 7.26. The van der Waals surface area contributed by atoms with E-state index in [1.165, 1.54) is 6.07 Å². The van der Waals surface area contributed by atoms with Crippen LogP contribution in [-0.4, -0.2) is 48.8 Å². The van der Waals surface area contributed by atoms with E-state index in [1.54, 1.807) is 31.2 Å².